The quantitative estimate of drug-likeness (QED) is 0.824. The minimum absolute atomic E-state index is 0.0311. The summed E-state index contributed by atoms with van der Waals surface area (Å²) in [5.74, 6) is -3.05. The number of carboxylic acid groups (broad SMARTS) is 1. The number of sulfonamides is 1. The van der Waals surface area contributed by atoms with E-state index in [4.69, 9.17) is 0 Å². The van der Waals surface area contributed by atoms with Crippen molar-refractivity contribution in [2.75, 3.05) is 13.7 Å². The van der Waals surface area contributed by atoms with Gasteiger partial charge in [-0.25, -0.2) is 17.6 Å². The van der Waals surface area contributed by atoms with Crippen molar-refractivity contribution >= 4 is 22.0 Å². The van der Waals surface area contributed by atoms with Gasteiger partial charge in [0.05, 0.1) is 17.6 Å². The van der Waals surface area contributed by atoms with E-state index in [1.807, 2.05) is 0 Å². The van der Waals surface area contributed by atoms with Gasteiger partial charge in [-0.3, -0.25) is 4.79 Å². The van der Waals surface area contributed by atoms with Gasteiger partial charge in [0.15, 0.2) is 0 Å². The number of halogens is 1. The fourth-order valence-electron chi connectivity index (χ4n) is 2.52. The molecule has 0 radical (unpaired) electrons. The molecule has 1 atom stereocenters. The van der Waals surface area contributed by atoms with Crippen LogP contribution in [0.3, 0.4) is 0 Å². The van der Waals surface area contributed by atoms with Gasteiger partial charge in [0, 0.05) is 6.54 Å². The Morgan fingerprint density at radius 3 is 2.61 bits per heavy atom. The second-order valence-corrected chi connectivity index (χ2v) is 7.02. The molecule has 2 rings (SSSR count). The summed E-state index contributed by atoms with van der Waals surface area (Å²) in [7, 11) is -3.15. The van der Waals surface area contributed by atoms with Gasteiger partial charge in [-0.05, 0) is 37.5 Å². The Bertz CT molecular complexity index is 733. The van der Waals surface area contributed by atoms with E-state index in [9.17, 15) is 27.5 Å². The summed E-state index contributed by atoms with van der Waals surface area (Å²) in [6.45, 7) is 0.0311. The molecule has 0 spiro atoms. The maximum absolute atomic E-state index is 13.7. The molecule has 0 aromatic heterocycles. The van der Waals surface area contributed by atoms with Crippen LogP contribution in [-0.2, 0) is 19.6 Å². The van der Waals surface area contributed by atoms with Gasteiger partial charge in [-0.1, -0.05) is 0 Å². The van der Waals surface area contributed by atoms with Gasteiger partial charge in [0.25, 0.3) is 0 Å². The minimum Gasteiger partial charge on any atom is -0.480 e. The number of carbonyl (C=O) groups is 2. The molecule has 1 unspecified atom stereocenters. The molecule has 0 bridgehead atoms. The van der Waals surface area contributed by atoms with Crippen LogP contribution in [-0.4, -0.2) is 49.5 Å². The third-order valence-electron chi connectivity index (χ3n) is 3.64. The molecule has 0 amide bonds. The van der Waals surface area contributed by atoms with Gasteiger partial charge in [0.1, 0.15) is 11.9 Å². The number of carbonyl (C=O) groups excluding carboxylic acids is 1. The number of nitrogens with zero attached hydrogens (tertiary/aromatic N) is 1. The molecule has 9 heteroatoms. The molecular formula is C14H16FNO6S. The van der Waals surface area contributed by atoms with E-state index in [0.29, 0.717) is 12.8 Å². The number of rotatable bonds is 4. The lowest BCUT2D eigenvalue weighted by Crippen LogP contribution is -2.47. The molecule has 1 aromatic carbocycles. The van der Waals surface area contributed by atoms with E-state index in [0.717, 1.165) is 29.6 Å². The lowest BCUT2D eigenvalue weighted by atomic mass is 10.1. The first-order valence-electron chi connectivity index (χ1n) is 6.91. The highest BCUT2D eigenvalue weighted by Crippen LogP contribution is 2.26. The fraction of sp³-hybridized carbons (Fsp3) is 0.429. The van der Waals surface area contributed by atoms with Crippen LogP contribution >= 0.6 is 0 Å². The first kappa shape index (κ1) is 17.4. The zero-order valence-electron chi connectivity index (χ0n) is 12.4. The van der Waals surface area contributed by atoms with Crippen molar-refractivity contribution in [3.8, 4) is 0 Å². The lowest BCUT2D eigenvalue weighted by Gasteiger charge is -2.31. The molecule has 126 valence electrons. The standard InChI is InChI=1S/C14H16FNO6S/c1-22-14(19)9-6-10(15)8-11(7-9)23(20,21)16-5-3-2-4-12(16)13(17)18/h6-8,12H,2-5H2,1H3,(H,17,18). The van der Waals surface area contributed by atoms with E-state index in [2.05, 4.69) is 4.74 Å². The molecule has 1 N–H and O–H groups in total. The van der Waals surface area contributed by atoms with Crippen molar-refractivity contribution in [1.29, 1.82) is 0 Å². The largest absolute Gasteiger partial charge is 0.480 e. The van der Waals surface area contributed by atoms with Gasteiger partial charge < -0.3 is 9.84 Å². The Labute approximate surface area is 132 Å². The molecule has 1 heterocycles. The molecule has 1 aromatic rings. The molecular weight excluding hydrogens is 329 g/mol. The van der Waals surface area contributed by atoms with Crippen molar-refractivity contribution in [2.24, 2.45) is 0 Å². The van der Waals surface area contributed by atoms with Crippen molar-refractivity contribution in [1.82, 2.24) is 4.31 Å². The summed E-state index contributed by atoms with van der Waals surface area (Å²) in [4.78, 5) is 22.3. The molecule has 23 heavy (non-hydrogen) atoms. The van der Waals surface area contributed by atoms with Crippen molar-refractivity contribution in [3.63, 3.8) is 0 Å². The van der Waals surface area contributed by atoms with Crippen molar-refractivity contribution < 1.29 is 32.2 Å². The fourth-order valence-corrected chi connectivity index (χ4v) is 4.23. The van der Waals surface area contributed by atoms with Crippen molar-refractivity contribution in [3.05, 3.63) is 29.6 Å². The predicted molar refractivity (Wildman–Crippen MR) is 76.9 cm³/mol. The summed E-state index contributed by atoms with van der Waals surface area (Å²) in [6, 6.07) is 1.40. The zero-order valence-corrected chi connectivity index (χ0v) is 13.2. The molecule has 1 aliphatic rings. The van der Waals surface area contributed by atoms with Crippen LogP contribution in [0.15, 0.2) is 23.1 Å². The summed E-state index contributed by atoms with van der Waals surface area (Å²) < 4.78 is 44.3. The van der Waals surface area contributed by atoms with Gasteiger partial charge in [-0.15, -0.1) is 0 Å². The number of carboxylic acids is 1. The Kier molecular flexibility index (Phi) is 5.00. The van der Waals surface area contributed by atoms with Crippen LogP contribution in [0.5, 0.6) is 0 Å². The smallest absolute Gasteiger partial charge is 0.337 e. The summed E-state index contributed by atoms with van der Waals surface area (Å²) >= 11 is 0. The summed E-state index contributed by atoms with van der Waals surface area (Å²) in [6.07, 6.45) is 1.30. The van der Waals surface area contributed by atoms with Crippen LogP contribution in [0.25, 0.3) is 0 Å². The molecule has 0 saturated carbocycles. The highest BCUT2D eigenvalue weighted by molar-refractivity contribution is 7.89. The maximum Gasteiger partial charge on any atom is 0.337 e. The van der Waals surface area contributed by atoms with E-state index >= 15 is 0 Å². The van der Waals surface area contributed by atoms with Crippen LogP contribution in [0.4, 0.5) is 4.39 Å². The lowest BCUT2D eigenvalue weighted by molar-refractivity contribution is -0.142. The number of hydrogen-bond donors (Lipinski definition) is 1. The average molecular weight is 345 g/mol. The number of methoxy groups -OCH3 is 1. The summed E-state index contributed by atoms with van der Waals surface area (Å²) in [5.41, 5.74) is -0.255. The number of ether oxygens (including phenoxy) is 1. The molecule has 1 aliphatic heterocycles. The van der Waals surface area contributed by atoms with E-state index in [1.54, 1.807) is 0 Å². The number of hydrogen-bond acceptors (Lipinski definition) is 5. The van der Waals surface area contributed by atoms with Crippen LogP contribution in [0.1, 0.15) is 29.6 Å². The first-order valence-corrected chi connectivity index (χ1v) is 8.35. The highest BCUT2D eigenvalue weighted by Gasteiger charge is 2.38. The van der Waals surface area contributed by atoms with E-state index in [1.165, 1.54) is 0 Å². The van der Waals surface area contributed by atoms with Crippen LogP contribution in [0, 0.1) is 5.82 Å². The summed E-state index contributed by atoms with van der Waals surface area (Å²) in [5, 5.41) is 9.20. The highest BCUT2D eigenvalue weighted by atomic mass is 32.2. The normalized spacial score (nSPS) is 19.3. The second-order valence-electron chi connectivity index (χ2n) is 5.13. The Morgan fingerprint density at radius 1 is 1.30 bits per heavy atom. The number of esters is 1. The Balaban J connectivity index is 2.48. The monoisotopic (exact) mass is 345 g/mol. The van der Waals surface area contributed by atoms with Crippen LogP contribution < -0.4 is 0 Å². The maximum atomic E-state index is 13.7. The van der Waals surface area contributed by atoms with E-state index < -0.39 is 38.7 Å². The third kappa shape index (κ3) is 3.50. The number of benzene rings is 1. The van der Waals surface area contributed by atoms with Gasteiger partial charge in [0.2, 0.25) is 10.0 Å². The van der Waals surface area contributed by atoms with Gasteiger partial charge >= 0.3 is 11.9 Å². The van der Waals surface area contributed by atoms with E-state index in [-0.39, 0.29) is 18.5 Å². The number of aliphatic carboxylic acids is 1. The number of piperidine rings is 1. The van der Waals surface area contributed by atoms with Crippen LogP contribution in [0.2, 0.25) is 0 Å². The first-order chi connectivity index (χ1) is 10.8. The topological polar surface area (TPSA) is 101 Å². The second kappa shape index (κ2) is 6.63. The Hall–Kier alpha value is -2.00. The minimum atomic E-state index is -4.24. The zero-order chi connectivity index (χ0) is 17.2. The molecule has 1 saturated heterocycles. The third-order valence-corrected chi connectivity index (χ3v) is 5.52. The molecule has 0 aliphatic carbocycles. The Morgan fingerprint density at radius 2 is 2.00 bits per heavy atom. The average Bonchev–Trinajstić information content (AvgIpc) is 2.53. The van der Waals surface area contributed by atoms with Gasteiger partial charge in [-0.2, -0.15) is 4.31 Å². The molecule has 1 fully saturated rings. The SMILES string of the molecule is COC(=O)c1cc(F)cc(S(=O)(=O)N2CCCCC2C(=O)O)c1. The van der Waals surface area contributed by atoms with Crippen molar-refractivity contribution in [2.45, 2.75) is 30.2 Å². The molecule has 7 nitrogen and oxygen atoms in total. The predicted octanol–water partition coefficient (Wildman–Crippen LogP) is 1.24.